The zero-order valence-electron chi connectivity index (χ0n) is 11.4. The van der Waals surface area contributed by atoms with Crippen molar-refractivity contribution in [2.75, 3.05) is 6.54 Å². The van der Waals surface area contributed by atoms with Crippen molar-refractivity contribution in [2.45, 2.75) is 38.3 Å². The summed E-state index contributed by atoms with van der Waals surface area (Å²) in [6, 6.07) is 0. The number of aromatic carboxylic acids is 1. The summed E-state index contributed by atoms with van der Waals surface area (Å²) in [4.78, 5) is 13.4. The quantitative estimate of drug-likeness (QED) is 0.886. The molecule has 110 valence electrons. The van der Waals surface area contributed by atoms with Crippen LogP contribution in [-0.4, -0.2) is 42.9 Å². The van der Waals surface area contributed by atoms with Crippen molar-refractivity contribution >= 4 is 17.3 Å². The number of nitrogens with zero attached hydrogens (tertiary/aromatic N) is 4. The van der Waals surface area contributed by atoms with E-state index in [0.717, 1.165) is 40.8 Å². The fraction of sp³-hybridized carbons (Fsp3) is 0.538. The van der Waals surface area contributed by atoms with E-state index in [1.165, 1.54) is 12.8 Å². The second-order valence-corrected chi connectivity index (χ2v) is 6.70. The van der Waals surface area contributed by atoms with Crippen LogP contribution in [0.15, 0.2) is 0 Å². The molecule has 1 aliphatic heterocycles. The summed E-state index contributed by atoms with van der Waals surface area (Å²) in [7, 11) is 0. The van der Waals surface area contributed by atoms with Gasteiger partial charge in [0.2, 0.25) is 0 Å². The summed E-state index contributed by atoms with van der Waals surface area (Å²) in [6.45, 7) is 2.21. The smallest absolute Gasteiger partial charge is 0.356 e. The highest BCUT2D eigenvalue weighted by Gasteiger charge is 2.29. The molecule has 2 aliphatic rings. The Hall–Kier alpha value is -1.80. The molecule has 0 spiro atoms. The molecule has 2 aromatic rings. The monoisotopic (exact) mass is 305 g/mol. The van der Waals surface area contributed by atoms with Crippen molar-refractivity contribution in [1.29, 1.82) is 0 Å². The molecule has 3 heterocycles. The Morgan fingerprint density at radius 3 is 3.05 bits per heavy atom. The Labute approximate surface area is 125 Å². The van der Waals surface area contributed by atoms with Gasteiger partial charge in [0.1, 0.15) is 10.0 Å². The van der Waals surface area contributed by atoms with E-state index in [-0.39, 0.29) is 5.69 Å². The lowest BCUT2D eigenvalue weighted by atomic mass is 10.1. The highest BCUT2D eigenvalue weighted by atomic mass is 32.1. The van der Waals surface area contributed by atoms with Gasteiger partial charge >= 0.3 is 5.97 Å². The fourth-order valence-electron chi connectivity index (χ4n) is 2.68. The predicted octanol–water partition coefficient (Wildman–Crippen LogP) is 1.40. The van der Waals surface area contributed by atoms with E-state index in [1.54, 1.807) is 11.3 Å². The van der Waals surface area contributed by atoms with Crippen LogP contribution in [0, 0.1) is 0 Å². The SMILES string of the molecule is O=C(O)c1n[nH]c2c1CN(Cc1nnc(C3CC3)s1)CC2. The molecule has 0 radical (unpaired) electrons. The first-order valence-corrected chi connectivity index (χ1v) is 7.86. The number of rotatable bonds is 4. The van der Waals surface area contributed by atoms with Gasteiger partial charge in [-0.15, -0.1) is 10.2 Å². The van der Waals surface area contributed by atoms with E-state index in [4.69, 9.17) is 5.11 Å². The fourth-order valence-corrected chi connectivity index (χ4v) is 3.73. The first-order valence-electron chi connectivity index (χ1n) is 7.04. The van der Waals surface area contributed by atoms with Gasteiger partial charge in [-0.3, -0.25) is 10.00 Å². The Morgan fingerprint density at radius 1 is 1.43 bits per heavy atom. The van der Waals surface area contributed by atoms with Gasteiger partial charge in [-0.05, 0) is 12.8 Å². The van der Waals surface area contributed by atoms with E-state index in [1.807, 2.05) is 0 Å². The average Bonchev–Trinajstić information content (AvgIpc) is 3.06. The van der Waals surface area contributed by atoms with E-state index in [0.29, 0.717) is 12.5 Å². The van der Waals surface area contributed by atoms with Crippen molar-refractivity contribution in [2.24, 2.45) is 0 Å². The number of H-pyrrole nitrogens is 1. The number of carboxylic acid groups (broad SMARTS) is 1. The normalized spacial score (nSPS) is 18.7. The summed E-state index contributed by atoms with van der Waals surface area (Å²) >= 11 is 1.69. The van der Waals surface area contributed by atoms with E-state index in [9.17, 15) is 4.79 Å². The van der Waals surface area contributed by atoms with Crippen LogP contribution in [0.1, 0.15) is 50.5 Å². The maximum atomic E-state index is 11.2. The Kier molecular flexibility index (Phi) is 3.00. The van der Waals surface area contributed by atoms with Crippen LogP contribution in [0.4, 0.5) is 0 Å². The lowest BCUT2D eigenvalue weighted by Crippen LogP contribution is -2.30. The molecule has 0 bridgehead atoms. The Balaban J connectivity index is 1.49. The third-order valence-corrected chi connectivity index (χ3v) is 5.05. The summed E-state index contributed by atoms with van der Waals surface area (Å²) in [5, 5.41) is 26.6. The molecule has 0 aromatic carbocycles. The molecular formula is C13H15N5O2S. The minimum Gasteiger partial charge on any atom is -0.476 e. The first-order chi connectivity index (χ1) is 10.2. The largest absolute Gasteiger partial charge is 0.476 e. The van der Waals surface area contributed by atoms with Gasteiger partial charge in [0.05, 0.1) is 6.54 Å². The highest BCUT2D eigenvalue weighted by Crippen LogP contribution is 2.41. The minimum absolute atomic E-state index is 0.144. The summed E-state index contributed by atoms with van der Waals surface area (Å²) in [6.07, 6.45) is 3.27. The maximum absolute atomic E-state index is 11.2. The van der Waals surface area contributed by atoms with Gasteiger partial charge < -0.3 is 5.11 Å². The van der Waals surface area contributed by atoms with Gasteiger partial charge in [-0.2, -0.15) is 5.10 Å². The highest BCUT2D eigenvalue weighted by molar-refractivity contribution is 7.11. The Bertz CT molecular complexity index is 691. The van der Waals surface area contributed by atoms with Gasteiger partial charge in [0.25, 0.3) is 0 Å². The van der Waals surface area contributed by atoms with Gasteiger partial charge in [0, 0.05) is 36.7 Å². The number of hydrogen-bond donors (Lipinski definition) is 2. The summed E-state index contributed by atoms with van der Waals surface area (Å²) < 4.78 is 0. The molecule has 7 nitrogen and oxygen atoms in total. The van der Waals surface area contributed by atoms with Crippen LogP contribution in [-0.2, 0) is 19.5 Å². The molecule has 1 saturated carbocycles. The molecule has 2 N–H and O–H groups in total. The first kappa shape index (κ1) is 12.9. The van der Waals surface area contributed by atoms with Crippen LogP contribution in [0.3, 0.4) is 0 Å². The van der Waals surface area contributed by atoms with Crippen molar-refractivity contribution in [3.63, 3.8) is 0 Å². The van der Waals surface area contributed by atoms with E-state index >= 15 is 0 Å². The molecule has 0 amide bonds. The lowest BCUT2D eigenvalue weighted by Gasteiger charge is -2.25. The van der Waals surface area contributed by atoms with E-state index < -0.39 is 5.97 Å². The van der Waals surface area contributed by atoms with Crippen molar-refractivity contribution in [3.05, 3.63) is 27.0 Å². The second-order valence-electron chi connectivity index (χ2n) is 5.60. The number of aromatic amines is 1. The molecule has 21 heavy (non-hydrogen) atoms. The standard InChI is InChI=1S/C13H15N5O2S/c19-13(20)11-8-5-18(4-3-9(8)14-16-11)6-10-15-17-12(21-10)7-1-2-7/h7H,1-6H2,(H,14,16)(H,19,20). The zero-order valence-corrected chi connectivity index (χ0v) is 12.2. The third kappa shape index (κ3) is 2.44. The lowest BCUT2D eigenvalue weighted by molar-refractivity contribution is 0.0687. The maximum Gasteiger partial charge on any atom is 0.356 e. The topological polar surface area (TPSA) is 95.0 Å². The number of hydrogen-bond acceptors (Lipinski definition) is 6. The average molecular weight is 305 g/mol. The molecule has 0 atom stereocenters. The number of aromatic nitrogens is 4. The number of nitrogens with one attached hydrogen (secondary N) is 1. The molecule has 1 aliphatic carbocycles. The second kappa shape index (κ2) is 4.88. The van der Waals surface area contributed by atoms with Crippen LogP contribution in [0.5, 0.6) is 0 Å². The zero-order chi connectivity index (χ0) is 14.4. The molecule has 1 fully saturated rings. The predicted molar refractivity (Wildman–Crippen MR) is 75.2 cm³/mol. The van der Waals surface area contributed by atoms with Crippen LogP contribution >= 0.6 is 11.3 Å². The van der Waals surface area contributed by atoms with Crippen molar-refractivity contribution in [1.82, 2.24) is 25.3 Å². The van der Waals surface area contributed by atoms with Crippen LogP contribution < -0.4 is 0 Å². The number of fused-ring (bicyclic) bond motifs is 1. The van der Waals surface area contributed by atoms with Gasteiger partial charge in [-0.25, -0.2) is 4.79 Å². The molecule has 2 aromatic heterocycles. The number of carboxylic acids is 1. The molecule has 8 heteroatoms. The van der Waals surface area contributed by atoms with Crippen molar-refractivity contribution < 1.29 is 9.90 Å². The minimum atomic E-state index is -0.971. The van der Waals surface area contributed by atoms with Gasteiger partial charge in [-0.1, -0.05) is 11.3 Å². The van der Waals surface area contributed by atoms with E-state index in [2.05, 4.69) is 25.3 Å². The van der Waals surface area contributed by atoms with Gasteiger partial charge in [0.15, 0.2) is 5.69 Å². The Morgan fingerprint density at radius 2 is 2.29 bits per heavy atom. The third-order valence-electron chi connectivity index (χ3n) is 3.98. The number of carbonyl (C=O) groups is 1. The van der Waals surface area contributed by atoms with Crippen LogP contribution in [0.2, 0.25) is 0 Å². The summed E-state index contributed by atoms with van der Waals surface area (Å²) in [5.74, 6) is -0.335. The molecule has 0 unspecified atom stereocenters. The molecular weight excluding hydrogens is 290 g/mol. The molecule has 4 rings (SSSR count). The summed E-state index contributed by atoms with van der Waals surface area (Å²) in [5.41, 5.74) is 1.89. The van der Waals surface area contributed by atoms with Crippen LogP contribution in [0.25, 0.3) is 0 Å². The van der Waals surface area contributed by atoms with Crippen molar-refractivity contribution in [3.8, 4) is 0 Å². The molecule has 0 saturated heterocycles.